The average Bonchev–Trinajstić information content (AvgIpc) is 2.33. The molecule has 106 valence electrons. The molecule has 0 radical (unpaired) electrons. The summed E-state index contributed by atoms with van der Waals surface area (Å²) in [4.78, 5) is -0.299. The van der Waals surface area contributed by atoms with Crippen molar-refractivity contribution in [3.05, 3.63) is 34.6 Å². The van der Waals surface area contributed by atoms with Gasteiger partial charge < -0.3 is 0 Å². The van der Waals surface area contributed by atoms with Crippen LogP contribution >= 0.6 is 27.5 Å². The molecular weight excluding hydrogens is 355 g/mol. The first-order valence-corrected chi connectivity index (χ1v) is 9.21. The van der Waals surface area contributed by atoms with Crippen LogP contribution in [0, 0.1) is 5.82 Å². The fourth-order valence-electron chi connectivity index (χ4n) is 2.44. The maximum Gasteiger partial charge on any atom is 0.154 e. The van der Waals surface area contributed by atoms with Gasteiger partial charge in [-0.3, -0.25) is 0 Å². The quantitative estimate of drug-likeness (QED) is 0.760. The Kier molecular flexibility index (Phi) is 4.90. The van der Waals surface area contributed by atoms with Crippen molar-refractivity contribution in [3.63, 3.8) is 0 Å². The van der Waals surface area contributed by atoms with E-state index in [1.165, 1.54) is 6.07 Å². The fourth-order valence-corrected chi connectivity index (χ4v) is 6.24. The molecule has 6 heteroatoms. The summed E-state index contributed by atoms with van der Waals surface area (Å²) >= 11 is 9.39. The van der Waals surface area contributed by atoms with Crippen LogP contribution in [0.2, 0.25) is 5.02 Å². The lowest BCUT2D eigenvalue weighted by Crippen LogP contribution is -2.36. The zero-order chi connectivity index (χ0) is 14.0. The Hall–Kier alpha value is -0.130. The van der Waals surface area contributed by atoms with Gasteiger partial charge in [0.15, 0.2) is 9.84 Å². The van der Waals surface area contributed by atoms with E-state index in [9.17, 15) is 12.8 Å². The van der Waals surface area contributed by atoms with Crippen molar-refractivity contribution in [1.29, 1.82) is 0 Å². The van der Waals surface area contributed by atoms with Crippen LogP contribution in [0.5, 0.6) is 0 Å². The molecule has 2 nitrogen and oxygen atoms in total. The first-order chi connectivity index (χ1) is 8.92. The Balaban J connectivity index is 2.19. The van der Waals surface area contributed by atoms with Gasteiger partial charge in [-0.15, -0.1) is 0 Å². The third-order valence-corrected chi connectivity index (χ3v) is 7.50. The highest BCUT2D eigenvalue weighted by molar-refractivity contribution is 9.09. The first-order valence-electron chi connectivity index (χ1n) is 6.20. The van der Waals surface area contributed by atoms with Crippen LogP contribution in [0.1, 0.15) is 24.8 Å². The molecule has 1 fully saturated rings. The molecule has 0 saturated carbocycles. The highest BCUT2D eigenvalue weighted by atomic mass is 79.9. The van der Waals surface area contributed by atoms with Gasteiger partial charge in [-0.1, -0.05) is 40.0 Å². The number of hydrogen-bond acceptors (Lipinski definition) is 2. The van der Waals surface area contributed by atoms with Gasteiger partial charge in [0.25, 0.3) is 0 Å². The SMILES string of the molecule is O=S1(=O)CCCCC1C(Br)Cc1c(F)cccc1Cl. The van der Waals surface area contributed by atoms with E-state index in [-0.39, 0.29) is 22.8 Å². The van der Waals surface area contributed by atoms with E-state index in [1.807, 2.05) is 0 Å². The van der Waals surface area contributed by atoms with Crippen molar-refractivity contribution in [2.45, 2.75) is 35.8 Å². The lowest BCUT2D eigenvalue weighted by atomic mass is 10.0. The summed E-state index contributed by atoms with van der Waals surface area (Å²) in [6.45, 7) is 0. The molecule has 0 aliphatic carbocycles. The van der Waals surface area contributed by atoms with E-state index >= 15 is 0 Å². The standard InChI is InChI=1S/C13H15BrClFO2S/c14-10(13-6-1-2-7-19(13,17)18)8-9-11(15)4-3-5-12(9)16/h3-5,10,13H,1-2,6-8H2. The van der Waals surface area contributed by atoms with Crippen molar-refractivity contribution in [2.24, 2.45) is 0 Å². The van der Waals surface area contributed by atoms with Gasteiger partial charge in [-0.2, -0.15) is 0 Å². The molecule has 0 spiro atoms. The van der Waals surface area contributed by atoms with Crippen LogP contribution in [0.15, 0.2) is 18.2 Å². The molecule has 1 aliphatic heterocycles. The molecule has 1 aliphatic rings. The second-order valence-electron chi connectivity index (χ2n) is 4.82. The predicted molar refractivity (Wildman–Crippen MR) is 79.3 cm³/mol. The Labute approximate surface area is 126 Å². The van der Waals surface area contributed by atoms with E-state index in [2.05, 4.69) is 15.9 Å². The summed E-state index contributed by atoms with van der Waals surface area (Å²) in [5, 5.41) is -0.102. The molecule has 1 saturated heterocycles. The topological polar surface area (TPSA) is 34.1 Å². The minimum Gasteiger partial charge on any atom is -0.229 e. The minimum atomic E-state index is -3.08. The first kappa shape index (κ1) is 15.3. The molecule has 1 aromatic carbocycles. The van der Waals surface area contributed by atoms with Crippen LogP contribution in [-0.2, 0) is 16.3 Å². The van der Waals surface area contributed by atoms with E-state index in [1.54, 1.807) is 12.1 Å². The van der Waals surface area contributed by atoms with Crippen molar-refractivity contribution >= 4 is 37.4 Å². The van der Waals surface area contributed by atoms with Gasteiger partial charge in [-0.25, -0.2) is 12.8 Å². The highest BCUT2D eigenvalue weighted by Gasteiger charge is 2.34. The van der Waals surface area contributed by atoms with Crippen LogP contribution in [0.3, 0.4) is 0 Å². The molecular formula is C13H15BrClFO2S. The maximum absolute atomic E-state index is 13.7. The Bertz CT molecular complexity index is 542. The lowest BCUT2D eigenvalue weighted by molar-refractivity contribution is 0.529. The molecule has 0 aromatic heterocycles. The number of rotatable bonds is 3. The second kappa shape index (κ2) is 6.10. The summed E-state index contributed by atoms with van der Waals surface area (Å²) in [5.41, 5.74) is 0.381. The third-order valence-electron chi connectivity index (χ3n) is 3.49. The smallest absolute Gasteiger partial charge is 0.154 e. The van der Waals surface area contributed by atoms with Crippen LogP contribution in [-0.4, -0.2) is 24.2 Å². The summed E-state index contributed by atoms with van der Waals surface area (Å²) < 4.78 is 37.8. The van der Waals surface area contributed by atoms with E-state index in [4.69, 9.17) is 11.6 Å². The van der Waals surface area contributed by atoms with Crippen molar-refractivity contribution in [1.82, 2.24) is 0 Å². The second-order valence-corrected chi connectivity index (χ2v) is 8.74. The van der Waals surface area contributed by atoms with E-state index < -0.39 is 15.1 Å². The van der Waals surface area contributed by atoms with Gasteiger partial charge in [0.05, 0.1) is 11.0 Å². The number of sulfone groups is 1. The Morgan fingerprint density at radius 1 is 1.42 bits per heavy atom. The highest BCUT2D eigenvalue weighted by Crippen LogP contribution is 2.30. The minimum absolute atomic E-state index is 0.227. The van der Waals surface area contributed by atoms with Gasteiger partial charge in [-0.05, 0) is 31.4 Å². The summed E-state index contributed by atoms with van der Waals surface area (Å²) in [6.07, 6.45) is 2.54. The summed E-state index contributed by atoms with van der Waals surface area (Å²) in [7, 11) is -3.08. The predicted octanol–water partition coefficient (Wildman–Crippen LogP) is 3.75. The Morgan fingerprint density at radius 2 is 2.16 bits per heavy atom. The van der Waals surface area contributed by atoms with Crippen LogP contribution < -0.4 is 0 Å². The lowest BCUT2D eigenvalue weighted by Gasteiger charge is -2.26. The molecule has 0 N–H and O–H groups in total. The normalized spacial score (nSPS) is 24.1. The van der Waals surface area contributed by atoms with Gasteiger partial charge in [0.2, 0.25) is 0 Å². The maximum atomic E-state index is 13.7. The molecule has 2 atom stereocenters. The van der Waals surface area contributed by atoms with Gasteiger partial charge in [0.1, 0.15) is 5.82 Å². The summed E-state index contributed by atoms with van der Waals surface area (Å²) in [5.74, 6) is -0.157. The fraction of sp³-hybridized carbons (Fsp3) is 0.538. The largest absolute Gasteiger partial charge is 0.229 e. The Morgan fingerprint density at radius 3 is 2.79 bits per heavy atom. The molecule has 0 amide bonds. The molecule has 2 unspecified atom stereocenters. The molecule has 1 heterocycles. The zero-order valence-corrected chi connectivity index (χ0v) is 13.4. The zero-order valence-electron chi connectivity index (χ0n) is 10.3. The monoisotopic (exact) mass is 368 g/mol. The van der Waals surface area contributed by atoms with Crippen molar-refractivity contribution < 1.29 is 12.8 Å². The summed E-state index contributed by atoms with van der Waals surface area (Å²) in [6, 6.07) is 4.51. The average molecular weight is 370 g/mol. The number of hydrogen-bond donors (Lipinski definition) is 0. The number of benzene rings is 1. The van der Waals surface area contributed by atoms with E-state index in [0.717, 1.165) is 12.8 Å². The van der Waals surface area contributed by atoms with Crippen LogP contribution in [0.4, 0.5) is 4.39 Å². The molecule has 19 heavy (non-hydrogen) atoms. The molecule has 2 rings (SSSR count). The number of alkyl halides is 1. The van der Waals surface area contributed by atoms with Gasteiger partial charge in [0, 0.05) is 15.4 Å². The van der Waals surface area contributed by atoms with E-state index in [0.29, 0.717) is 17.0 Å². The van der Waals surface area contributed by atoms with Crippen molar-refractivity contribution in [2.75, 3.05) is 5.75 Å². The van der Waals surface area contributed by atoms with Crippen LogP contribution in [0.25, 0.3) is 0 Å². The molecule has 0 bridgehead atoms. The number of halogens is 3. The van der Waals surface area contributed by atoms with Crippen molar-refractivity contribution in [3.8, 4) is 0 Å². The third kappa shape index (κ3) is 3.50. The van der Waals surface area contributed by atoms with Gasteiger partial charge >= 0.3 is 0 Å². The molecule has 1 aromatic rings.